The molecule has 0 aliphatic heterocycles. The summed E-state index contributed by atoms with van der Waals surface area (Å²) in [6.45, 7) is 7.93. The van der Waals surface area contributed by atoms with Crippen LogP contribution in [0.25, 0.3) is 0 Å². The molecule has 0 heterocycles. The average Bonchev–Trinajstić information content (AvgIpc) is 2.19. The van der Waals surface area contributed by atoms with Gasteiger partial charge in [-0.2, -0.15) is 0 Å². The topological polar surface area (TPSA) is 69.9 Å². The van der Waals surface area contributed by atoms with Crippen LogP contribution in [0.1, 0.15) is 27.7 Å². The van der Waals surface area contributed by atoms with Gasteiger partial charge in [0.05, 0.1) is 19.8 Å². The van der Waals surface area contributed by atoms with E-state index in [-0.39, 0.29) is 30.7 Å². The van der Waals surface area contributed by atoms with Gasteiger partial charge in [0.25, 0.3) is 8.05 Å². The van der Waals surface area contributed by atoms with Crippen molar-refractivity contribution in [2.45, 2.75) is 27.7 Å². The van der Waals surface area contributed by atoms with Crippen molar-refractivity contribution >= 4 is 8.05 Å². The number of rotatable bonds is 5. The molecule has 0 fully saturated rings. The van der Waals surface area contributed by atoms with Crippen LogP contribution in [0.5, 0.6) is 0 Å². The van der Waals surface area contributed by atoms with E-state index in [4.69, 9.17) is 23.4 Å². The molecule has 0 saturated heterocycles. The van der Waals surface area contributed by atoms with Gasteiger partial charge in [-0.1, -0.05) is 27.7 Å². The Morgan fingerprint density at radius 2 is 1.20 bits per heavy atom. The molecule has 0 aliphatic carbocycles. The van der Waals surface area contributed by atoms with Crippen molar-refractivity contribution in [3.8, 4) is 0 Å². The highest BCUT2D eigenvalue weighted by Crippen LogP contribution is 2.12. The van der Waals surface area contributed by atoms with Gasteiger partial charge >= 0.3 is 0 Å². The Balaban J connectivity index is 0. The Morgan fingerprint density at radius 3 is 1.27 bits per heavy atom. The largest absolute Gasteiger partial charge is 0.447 e. The zero-order valence-electron chi connectivity index (χ0n) is 10.2. The lowest BCUT2D eigenvalue weighted by Gasteiger charge is -2.19. The second kappa shape index (κ2) is 8.10. The van der Waals surface area contributed by atoms with Gasteiger partial charge in [-0.05, 0) is 0 Å². The van der Waals surface area contributed by atoms with Crippen LogP contribution in [0.15, 0.2) is 0 Å². The van der Waals surface area contributed by atoms with Gasteiger partial charge < -0.3 is 20.0 Å². The van der Waals surface area contributed by atoms with Crippen molar-refractivity contribution < 1.29 is 20.0 Å². The number of hydrogen-bond acceptors (Lipinski definition) is 4. The van der Waals surface area contributed by atoms with Crippen LogP contribution in [0, 0.1) is 10.8 Å². The highest BCUT2D eigenvalue weighted by molar-refractivity contribution is 5.97. The molecule has 4 nitrogen and oxygen atoms in total. The highest BCUT2D eigenvalue weighted by atomic mass is 16.4. The molecule has 0 aliphatic rings. The summed E-state index contributed by atoms with van der Waals surface area (Å²) >= 11 is 0. The first-order valence-corrected chi connectivity index (χ1v) is 4.89. The second-order valence-corrected chi connectivity index (χ2v) is 5.11. The first-order valence-electron chi connectivity index (χ1n) is 4.89. The van der Waals surface area contributed by atoms with Crippen molar-refractivity contribution in [2.75, 3.05) is 26.4 Å². The number of aliphatic hydroxyl groups excluding tert-OH is 3. The third-order valence-electron chi connectivity index (χ3n) is 1.76. The predicted molar refractivity (Wildman–Crippen MR) is 60.5 cm³/mol. The Kier molecular flexibility index (Phi) is 9.35. The van der Waals surface area contributed by atoms with Crippen molar-refractivity contribution in [1.29, 1.82) is 0 Å². The van der Waals surface area contributed by atoms with Gasteiger partial charge in [0, 0.05) is 17.4 Å². The molecule has 0 rings (SSSR count). The molecule has 3 N–H and O–H groups in total. The smallest absolute Gasteiger partial charge is 0.282 e. The summed E-state index contributed by atoms with van der Waals surface area (Å²) < 4.78 is 4.34. The van der Waals surface area contributed by atoms with Crippen molar-refractivity contribution in [3.63, 3.8) is 0 Å². The van der Waals surface area contributed by atoms with E-state index in [1.807, 2.05) is 13.8 Å². The summed E-state index contributed by atoms with van der Waals surface area (Å²) in [7, 11) is 4.78. The normalized spacial score (nSPS) is 11.9. The Morgan fingerprint density at radius 1 is 0.867 bits per heavy atom. The number of aliphatic hydroxyl groups is 3. The minimum Gasteiger partial charge on any atom is -0.447 e. The molecular weight excluding hydrogens is 195 g/mol. The quantitative estimate of drug-likeness (QED) is 0.572. The lowest BCUT2D eigenvalue weighted by Crippen LogP contribution is -2.22. The zero-order chi connectivity index (χ0) is 12.5. The van der Waals surface area contributed by atoms with E-state index in [2.05, 4.69) is 4.65 Å². The fourth-order valence-corrected chi connectivity index (χ4v) is 0.321. The molecule has 90 valence electrons. The van der Waals surface area contributed by atoms with E-state index in [1.165, 1.54) is 0 Å². The zero-order valence-corrected chi connectivity index (χ0v) is 10.2. The summed E-state index contributed by atoms with van der Waals surface area (Å²) in [5.74, 6) is 0. The van der Waals surface area contributed by atoms with E-state index < -0.39 is 0 Å². The lowest BCUT2D eigenvalue weighted by molar-refractivity contribution is 0.0857. The molecule has 0 aromatic heterocycles. The molecule has 0 unspecified atom stereocenters. The first-order chi connectivity index (χ1) is 6.74. The summed E-state index contributed by atoms with van der Waals surface area (Å²) in [5, 5.41) is 25.5. The minimum atomic E-state index is -0.306. The highest BCUT2D eigenvalue weighted by Gasteiger charge is 2.14. The maximum Gasteiger partial charge on any atom is 0.282 e. The summed E-state index contributed by atoms with van der Waals surface area (Å²) in [6, 6.07) is 0. The van der Waals surface area contributed by atoms with Crippen LogP contribution >= 0.6 is 0 Å². The molecule has 0 atom stereocenters. The van der Waals surface area contributed by atoms with Crippen molar-refractivity contribution in [3.05, 3.63) is 0 Å². The van der Waals surface area contributed by atoms with Gasteiger partial charge in [0.2, 0.25) is 0 Å². The third-order valence-corrected chi connectivity index (χ3v) is 1.76. The molecule has 0 aromatic carbocycles. The van der Waals surface area contributed by atoms with Crippen molar-refractivity contribution in [1.82, 2.24) is 0 Å². The molecule has 0 saturated carbocycles. The fraction of sp³-hybridized carbons (Fsp3) is 1.00. The second-order valence-electron chi connectivity index (χ2n) is 5.11. The summed E-state index contributed by atoms with van der Waals surface area (Å²) in [4.78, 5) is 0. The Hall–Kier alpha value is -0.0951. The van der Waals surface area contributed by atoms with Gasteiger partial charge in [-0.15, -0.1) is 0 Å². The SMILES string of the molecule is CC(C)(CO)CO.[B]OCC(C)(C)CO. The van der Waals surface area contributed by atoms with Gasteiger partial charge in [0.15, 0.2) is 0 Å². The van der Waals surface area contributed by atoms with Crippen LogP contribution in [-0.2, 0) is 4.65 Å². The van der Waals surface area contributed by atoms with E-state index in [0.29, 0.717) is 6.61 Å². The first kappa shape index (κ1) is 17.3. The molecule has 0 spiro atoms. The molecule has 0 aromatic rings. The molecule has 2 radical (unpaired) electrons. The van der Waals surface area contributed by atoms with E-state index in [0.717, 1.165) is 0 Å². The Labute approximate surface area is 93.7 Å². The summed E-state index contributed by atoms with van der Waals surface area (Å²) in [6.07, 6.45) is 0. The van der Waals surface area contributed by atoms with Crippen LogP contribution in [0.4, 0.5) is 0 Å². The maximum absolute atomic E-state index is 8.59. The van der Waals surface area contributed by atoms with E-state index in [1.54, 1.807) is 13.8 Å². The van der Waals surface area contributed by atoms with Gasteiger partial charge in [0.1, 0.15) is 0 Å². The van der Waals surface area contributed by atoms with E-state index >= 15 is 0 Å². The third kappa shape index (κ3) is 11.8. The average molecular weight is 218 g/mol. The van der Waals surface area contributed by atoms with Crippen LogP contribution < -0.4 is 0 Å². The number of hydrogen-bond donors (Lipinski definition) is 3. The monoisotopic (exact) mass is 218 g/mol. The van der Waals surface area contributed by atoms with Gasteiger partial charge in [-0.25, -0.2) is 0 Å². The van der Waals surface area contributed by atoms with E-state index in [9.17, 15) is 0 Å². The van der Waals surface area contributed by atoms with Crippen molar-refractivity contribution in [2.24, 2.45) is 10.8 Å². The lowest BCUT2D eigenvalue weighted by atomic mass is 9.96. The van der Waals surface area contributed by atoms with Crippen LogP contribution in [0.2, 0.25) is 0 Å². The standard InChI is InChI=1S/C5H11BO2.C5H12O2/c1-5(2,3-7)4-8-6;1-5(2,3-6)4-7/h7H,3-4H2,1-2H3;6-7H,3-4H2,1-2H3. The molecule has 5 heteroatoms. The maximum atomic E-state index is 8.59. The molecular formula is C10H23BO4. The summed E-state index contributed by atoms with van der Waals surface area (Å²) in [5.41, 5.74) is -0.505. The molecule has 0 bridgehead atoms. The van der Waals surface area contributed by atoms with Crippen LogP contribution in [0.3, 0.4) is 0 Å². The predicted octanol–water partition coefficient (Wildman–Crippen LogP) is 0.102. The fourth-order valence-electron chi connectivity index (χ4n) is 0.321. The Bertz CT molecular complexity index is 142. The minimum absolute atomic E-state index is 0.0451. The van der Waals surface area contributed by atoms with Gasteiger partial charge in [-0.3, -0.25) is 0 Å². The molecule has 0 amide bonds. The molecule has 15 heavy (non-hydrogen) atoms. The van der Waals surface area contributed by atoms with Crippen LogP contribution in [-0.4, -0.2) is 49.8 Å².